The first-order valence-electron chi connectivity index (χ1n) is 53.8. The van der Waals surface area contributed by atoms with Gasteiger partial charge in [0.1, 0.15) is 5.69 Å². The number of alkyl halides is 2. The average molecular weight is 1960 g/mol. The van der Waals surface area contributed by atoms with Gasteiger partial charge in [0.15, 0.2) is 68.8 Å². The number of nitrogens with two attached hydrogens (primary N) is 6. The highest BCUT2D eigenvalue weighted by atomic mass is 19.3. The topological polar surface area (TPSA) is 470 Å². The number of hydrogen-bond donors (Lipinski definition) is 6. The van der Waals surface area contributed by atoms with Crippen LogP contribution in [0.15, 0.2) is 37.2 Å². The lowest BCUT2D eigenvalue weighted by molar-refractivity contribution is -0.0828. The van der Waals surface area contributed by atoms with Gasteiger partial charge in [0.25, 0.3) is 5.92 Å². The van der Waals surface area contributed by atoms with Crippen molar-refractivity contribution < 1.29 is 37.2 Å². The largest absolute Gasteiger partial charge is 0.459 e. The molecule has 8 atom stereocenters. The number of anilines is 6. The van der Waals surface area contributed by atoms with E-state index in [1.165, 1.54) is 122 Å². The Labute approximate surface area is 833 Å². The highest BCUT2D eigenvalue weighted by Gasteiger charge is 2.53. The summed E-state index contributed by atoms with van der Waals surface area (Å²) in [7, 11) is 0. The fraction of sp³-hybridized carbons (Fsp3) is 0.712. The van der Waals surface area contributed by atoms with Crippen LogP contribution < -0.4 is 62.8 Å². The summed E-state index contributed by atoms with van der Waals surface area (Å²) in [5.41, 5.74) is 46.1. The van der Waals surface area contributed by atoms with Crippen LogP contribution >= 0.6 is 0 Å². The van der Waals surface area contributed by atoms with E-state index < -0.39 is 11.8 Å². The zero-order valence-electron chi connectivity index (χ0n) is 86.6. The first-order valence-corrected chi connectivity index (χ1v) is 53.8. The van der Waals surface area contributed by atoms with E-state index in [0.29, 0.717) is 111 Å². The van der Waals surface area contributed by atoms with Crippen LogP contribution in [-0.2, 0) is 38.0 Å². The Kier molecular flexibility index (Phi) is 33.7. The lowest BCUT2D eigenvalue weighted by Gasteiger charge is -2.54. The number of fused-ring (bicyclic) bond motifs is 7. The molecule has 0 saturated heterocycles. The molecule has 9 fully saturated rings. The van der Waals surface area contributed by atoms with Gasteiger partial charge in [-0.3, -0.25) is 0 Å². The molecule has 9 aliphatic carbocycles. The molecule has 2 spiro atoms. The molecule has 9 saturated carbocycles. The fourth-order valence-electron chi connectivity index (χ4n) is 23.9. The number of hydrogen-bond acceptors (Lipinski definition) is 30. The van der Waals surface area contributed by atoms with Crippen molar-refractivity contribution in [3.8, 4) is 36.1 Å². The molecule has 0 amide bonds. The zero-order chi connectivity index (χ0) is 100. The van der Waals surface area contributed by atoms with Crippen LogP contribution in [0.4, 0.5) is 43.7 Å². The lowest BCUT2D eigenvalue weighted by Crippen LogP contribution is -2.43. The van der Waals surface area contributed by atoms with Gasteiger partial charge in [0.2, 0.25) is 0 Å². The second kappa shape index (κ2) is 46.2. The maximum atomic E-state index is 15.0. The van der Waals surface area contributed by atoms with E-state index in [0.717, 1.165) is 221 Å². The molecule has 38 heteroatoms. The summed E-state index contributed by atoms with van der Waals surface area (Å²) in [4.78, 5) is 51.3. The minimum absolute atomic E-state index is 0.00430. The summed E-state index contributed by atoms with van der Waals surface area (Å²) < 4.78 is 75.0. The molecule has 12 heterocycles. The number of imidazole rings is 6. The average Bonchev–Trinajstić information content (AvgIpc) is 1.63. The van der Waals surface area contributed by atoms with Gasteiger partial charge in [-0.25, -0.2) is 57.0 Å². The molecule has 12 aromatic heterocycles. The van der Waals surface area contributed by atoms with Crippen molar-refractivity contribution in [2.75, 3.05) is 34.4 Å². The van der Waals surface area contributed by atoms with Gasteiger partial charge < -0.3 is 62.8 Å². The number of nitrogens with zero attached hydrogens (tertiary/aromatic N) is 24. The zero-order valence-corrected chi connectivity index (χ0v) is 86.6. The normalized spacial score (nSPS) is 22.2. The lowest BCUT2D eigenvalue weighted by atomic mass is 9.51. The molecule has 36 nitrogen and oxygen atoms in total. The number of halogens is 2. The van der Waals surface area contributed by atoms with Crippen LogP contribution in [0.2, 0.25) is 0 Å². The molecule has 12 N–H and O–H groups in total. The SMILES string of the molecule is CCCC(C)Oc1nc(N)c2ncc(CC3CC4(CCCCC4)C3)n2n1.CCC[C@H](C)Oc1nc(N)c2ncc(C(F)(F)C3CCCCC3)n2n1.CCC[C@H](C)Oc1nc(N)c2ncc(CC3C4CCCC43)n2n1.CCC[C@H](C)Oc1nc(N)c2ncc(CC3CC(C)C3)n2n1.CCC[C@H](C)Oc1nc(N)c2ncc(CC3CC(C)C3)n2n1.CCC[C@H](C)Oc1nc(N)c2ncc(CC3CC4(CCC4)C3)n2n1. The molecule has 142 heavy (non-hydrogen) atoms. The molecular weight excluding hydrogens is 1800 g/mol. The standard InChI is InChI=1S/C20H31N5O.C18H27N5O.C17H25F2N5O.C17H25N5O.2C16H25N5O/c1-3-7-14(2)26-19-23-17(21)18-22-13-16(25(18)24-19)10-15-11-20(12-15)8-5-4-6-9-20;1-3-5-12(2)24-17-21-15(19)16-20-11-14(23(16)22-17)8-13-9-18(10-13)6-4-7-18;1-3-7-11(2)25-16-22-14(20)15-21-10-13(24(15)23-16)17(18,19)12-8-5-4-6-9-12;1-3-5-10(2)23-17-20-15(18)16-19-9-11(22(16)21-17)8-14-12-6-4-7-13(12)14;2*1-4-5-11(3)22-16-19-14(17)15-18-9-13(21(15)20-16)8-12-6-10(2)7-12/h13-15H,3-12H2,1-2H3,(H2,21,23,24);11-13H,3-10H2,1-2H3,(H2,19,21,22);10-12H,3-9H2,1-2H3,(H2,20,22,23);9-10,12-14H,3-8H2,1-2H3,(H2,18,20,21);2*9-12H,4-8H2,1-3H3,(H2,17,19,20)/t;12-;11-;10-,12?,13?,14?;2*10?,11-,12?/m.00000/s1. The summed E-state index contributed by atoms with van der Waals surface area (Å²) in [5.74, 6) is 5.58. The van der Waals surface area contributed by atoms with Gasteiger partial charge in [-0.2, -0.15) is 38.7 Å². The number of rotatable bonds is 36. The Morgan fingerprint density at radius 2 is 0.577 bits per heavy atom. The molecule has 0 aromatic carbocycles. The van der Waals surface area contributed by atoms with Gasteiger partial charge in [-0.1, -0.05) is 145 Å². The molecule has 9 aliphatic rings. The highest BCUT2D eigenvalue weighted by Crippen LogP contribution is 2.61. The number of nitrogen functional groups attached to an aromatic ring is 6. The fourth-order valence-corrected chi connectivity index (χ4v) is 23.9. The maximum absolute atomic E-state index is 15.0. The first-order chi connectivity index (χ1) is 68.4. The van der Waals surface area contributed by atoms with E-state index in [9.17, 15) is 0 Å². The van der Waals surface area contributed by atoms with Crippen LogP contribution in [0.5, 0.6) is 36.1 Å². The minimum atomic E-state index is -3.01. The summed E-state index contributed by atoms with van der Waals surface area (Å²) in [5, 5.41) is 26.8. The first kappa shape index (κ1) is 104. The summed E-state index contributed by atoms with van der Waals surface area (Å²) >= 11 is 0. The predicted octanol–water partition coefficient (Wildman–Crippen LogP) is 20.1. The third kappa shape index (κ3) is 24.9. The van der Waals surface area contributed by atoms with Crippen LogP contribution in [0.1, 0.15) is 362 Å². The number of ether oxygens (including phenoxy) is 6. The van der Waals surface area contributed by atoms with Crippen molar-refractivity contribution in [2.45, 2.75) is 403 Å². The molecule has 0 aliphatic heterocycles. The Balaban J connectivity index is 0.000000123. The maximum Gasteiger partial charge on any atom is 0.336 e. The highest BCUT2D eigenvalue weighted by molar-refractivity contribution is 5.64. The van der Waals surface area contributed by atoms with Crippen molar-refractivity contribution in [2.24, 2.45) is 70.0 Å². The Hall–Kier alpha value is -11.2. The third-order valence-corrected chi connectivity index (χ3v) is 31.2. The van der Waals surface area contributed by atoms with Crippen LogP contribution in [-0.4, -0.2) is 154 Å². The molecule has 0 bridgehead atoms. The van der Waals surface area contributed by atoms with E-state index >= 15 is 8.78 Å². The van der Waals surface area contributed by atoms with E-state index in [-0.39, 0.29) is 59.8 Å². The summed E-state index contributed by atoms with van der Waals surface area (Å²) in [6.07, 6.45) is 57.8. The molecule has 0 radical (unpaired) electrons. The molecular formula is C104H158F2N30O6. The van der Waals surface area contributed by atoms with E-state index in [1.54, 1.807) is 9.03 Å². The molecule has 3 unspecified atom stereocenters. The molecule has 21 rings (SSSR count). The van der Waals surface area contributed by atoms with Crippen molar-refractivity contribution in [1.29, 1.82) is 0 Å². The Bertz CT molecular complexity index is 5990. The van der Waals surface area contributed by atoms with Gasteiger partial charge in [0.05, 0.1) is 102 Å². The van der Waals surface area contributed by atoms with E-state index in [1.807, 2.05) is 93.0 Å². The van der Waals surface area contributed by atoms with Crippen LogP contribution in [0, 0.1) is 70.0 Å². The second-order valence-corrected chi connectivity index (χ2v) is 43.5. The van der Waals surface area contributed by atoms with Crippen molar-refractivity contribution in [3.63, 3.8) is 0 Å². The van der Waals surface area contributed by atoms with Crippen LogP contribution in [0.3, 0.4) is 0 Å². The van der Waals surface area contributed by atoms with E-state index in [4.69, 9.17) is 62.8 Å². The quantitative estimate of drug-likeness (QED) is 0.0212. The monoisotopic (exact) mass is 1960 g/mol. The molecule has 12 aromatic rings. The predicted molar refractivity (Wildman–Crippen MR) is 545 cm³/mol. The van der Waals surface area contributed by atoms with Gasteiger partial charge in [0, 0.05) is 5.92 Å². The number of aromatic nitrogens is 24. The van der Waals surface area contributed by atoms with Crippen LogP contribution in [0.25, 0.3) is 33.9 Å². The Morgan fingerprint density at radius 1 is 0.324 bits per heavy atom. The van der Waals surface area contributed by atoms with Gasteiger partial charge >= 0.3 is 36.1 Å². The summed E-state index contributed by atoms with van der Waals surface area (Å²) in [6.45, 7) is 29.4. The summed E-state index contributed by atoms with van der Waals surface area (Å²) in [6, 6.07) is 1.74. The minimum Gasteiger partial charge on any atom is -0.459 e. The van der Waals surface area contributed by atoms with Crippen molar-refractivity contribution in [3.05, 3.63) is 71.3 Å². The molecule has 774 valence electrons. The second-order valence-electron chi connectivity index (χ2n) is 43.5. The smallest absolute Gasteiger partial charge is 0.336 e. The van der Waals surface area contributed by atoms with E-state index in [2.05, 4.69) is 139 Å². The van der Waals surface area contributed by atoms with Gasteiger partial charge in [-0.05, 0) is 279 Å². The Morgan fingerprint density at radius 3 is 0.852 bits per heavy atom. The third-order valence-electron chi connectivity index (χ3n) is 31.2. The van der Waals surface area contributed by atoms with Crippen molar-refractivity contribution >= 4 is 68.8 Å². The van der Waals surface area contributed by atoms with Gasteiger partial charge in [-0.15, -0.1) is 30.6 Å². The van der Waals surface area contributed by atoms with Crippen molar-refractivity contribution in [1.82, 2.24) is 117 Å².